The molecular weight excluding hydrogens is 262 g/mol. The third-order valence-electron chi connectivity index (χ3n) is 4.54. The minimum Gasteiger partial charge on any atom is -0.383 e. The van der Waals surface area contributed by atoms with Crippen LogP contribution in [0.25, 0.3) is 0 Å². The molecule has 2 heterocycles. The topological polar surface area (TPSA) is 56.6 Å². The van der Waals surface area contributed by atoms with Crippen LogP contribution in [-0.4, -0.2) is 23.9 Å². The number of nitrogens with zero attached hydrogens (tertiary/aromatic N) is 1. The van der Waals surface area contributed by atoms with Crippen LogP contribution < -0.4 is 10.9 Å². The van der Waals surface area contributed by atoms with Crippen LogP contribution in [0.5, 0.6) is 0 Å². The van der Waals surface area contributed by atoms with Gasteiger partial charge < -0.3 is 10.5 Å². The molecule has 2 aliphatic heterocycles. The predicted molar refractivity (Wildman–Crippen MR) is 84.9 cm³/mol. The Balaban J connectivity index is 1.93. The normalized spacial score (nSPS) is 26.7. The van der Waals surface area contributed by atoms with E-state index >= 15 is 0 Å². The summed E-state index contributed by atoms with van der Waals surface area (Å²) in [6, 6.07) is 9.95. The van der Waals surface area contributed by atoms with Crippen molar-refractivity contribution < 1.29 is 5.11 Å². The summed E-state index contributed by atoms with van der Waals surface area (Å²) >= 11 is 0. The molecule has 0 radical (unpaired) electrons. The van der Waals surface area contributed by atoms with Gasteiger partial charge in [-0.3, -0.25) is 4.99 Å². The first-order chi connectivity index (χ1) is 10.3. The van der Waals surface area contributed by atoms with Gasteiger partial charge in [0.1, 0.15) is 5.60 Å². The van der Waals surface area contributed by atoms with E-state index in [9.17, 15) is 5.11 Å². The number of rotatable bonds is 5. The minimum absolute atomic E-state index is 0.0600. The molecule has 0 aromatic heterocycles. The maximum atomic E-state index is 11.5. The standard InChI is InChI=1S/C17H23N3O/c1-2-3-10-17(21,13-7-5-4-6-8-13)16-14-12-18-11-9-15(14)19-20-16/h4-9,11,14,16,19-21H,2-3,10,12H2,1H3. The van der Waals surface area contributed by atoms with Crippen LogP contribution in [0.1, 0.15) is 31.7 Å². The van der Waals surface area contributed by atoms with Gasteiger partial charge >= 0.3 is 0 Å². The second-order valence-electron chi connectivity index (χ2n) is 5.88. The van der Waals surface area contributed by atoms with Gasteiger partial charge in [-0.1, -0.05) is 50.1 Å². The number of hydrazine groups is 1. The molecule has 2 aliphatic rings. The van der Waals surface area contributed by atoms with Crippen molar-refractivity contribution in [2.75, 3.05) is 6.54 Å². The summed E-state index contributed by atoms with van der Waals surface area (Å²) in [5.41, 5.74) is 7.75. The Kier molecular flexibility index (Phi) is 4.08. The van der Waals surface area contributed by atoms with Crippen LogP contribution >= 0.6 is 0 Å². The molecule has 4 nitrogen and oxygen atoms in total. The Hall–Kier alpha value is -1.65. The van der Waals surface area contributed by atoms with Gasteiger partial charge in [0.2, 0.25) is 0 Å². The number of aliphatic hydroxyl groups is 1. The number of fused-ring (bicyclic) bond motifs is 1. The first-order valence-corrected chi connectivity index (χ1v) is 7.75. The lowest BCUT2D eigenvalue weighted by molar-refractivity contribution is -0.0204. The Morgan fingerprint density at radius 2 is 2.14 bits per heavy atom. The molecule has 112 valence electrons. The maximum absolute atomic E-state index is 11.5. The number of hydrogen-bond acceptors (Lipinski definition) is 4. The van der Waals surface area contributed by atoms with E-state index in [2.05, 4.69) is 22.8 Å². The zero-order valence-electron chi connectivity index (χ0n) is 12.4. The molecule has 3 unspecified atom stereocenters. The number of unbranched alkanes of at least 4 members (excludes halogenated alkanes) is 1. The average Bonchev–Trinajstić information content (AvgIpc) is 2.98. The van der Waals surface area contributed by atoms with E-state index in [4.69, 9.17) is 0 Å². The molecule has 0 saturated carbocycles. The van der Waals surface area contributed by atoms with Crippen LogP contribution in [-0.2, 0) is 5.60 Å². The van der Waals surface area contributed by atoms with Gasteiger partial charge in [-0.15, -0.1) is 0 Å². The smallest absolute Gasteiger partial charge is 0.107 e. The maximum Gasteiger partial charge on any atom is 0.107 e. The van der Waals surface area contributed by atoms with Crippen LogP contribution in [0.4, 0.5) is 0 Å². The molecule has 0 aliphatic carbocycles. The molecule has 3 N–H and O–H groups in total. The second kappa shape index (κ2) is 6.00. The quantitative estimate of drug-likeness (QED) is 0.777. The lowest BCUT2D eigenvalue weighted by atomic mass is 9.76. The molecule has 1 aromatic carbocycles. The van der Waals surface area contributed by atoms with Crippen molar-refractivity contribution in [3.05, 3.63) is 47.7 Å². The van der Waals surface area contributed by atoms with Gasteiger partial charge in [0.15, 0.2) is 0 Å². The largest absolute Gasteiger partial charge is 0.383 e. The first-order valence-electron chi connectivity index (χ1n) is 7.75. The second-order valence-corrected chi connectivity index (χ2v) is 5.88. The van der Waals surface area contributed by atoms with Crippen molar-refractivity contribution in [2.24, 2.45) is 10.9 Å². The van der Waals surface area contributed by atoms with E-state index < -0.39 is 5.60 Å². The number of nitrogens with one attached hydrogen (secondary N) is 2. The molecule has 1 saturated heterocycles. The molecular formula is C17H23N3O. The van der Waals surface area contributed by atoms with Crippen molar-refractivity contribution in [1.29, 1.82) is 0 Å². The Labute approximate surface area is 126 Å². The zero-order chi connectivity index (χ0) is 14.7. The molecule has 21 heavy (non-hydrogen) atoms. The first kappa shape index (κ1) is 14.3. The SMILES string of the molecule is CCCCC(O)(c1ccccc1)C1NNC2=CC=NCC21. The van der Waals surface area contributed by atoms with Crippen molar-refractivity contribution in [1.82, 2.24) is 10.9 Å². The number of dihydropyridines is 1. The molecule has 3 rings (SSSR count). The van der Waals surface area contributed by atoms with Crippen molar-refractivity contribution in [2.45, 2.75) is 37.8 Å². The highest BCUT2D eigenvalue weighted by molar-refractivity contribution is 5.73. The van der Waals surface area contributed by atoms with Gasteiger partial charge in [-0.05, 0) is 18.1 Å². The van der Waals surface area contributed by atoms with Gasteiger partial charge in [-0.2, -0.15) is 0 Å². The summed E-state index contributed by atoms with van der Waals surface area (Å²) in [4.78, 5) is 4.36. The summed E-state index contributed by atoms with van der Waals surface area (Å²) in [6.07, 6.45) is 6.64. The molecule has 0 bridgehead atoms. The van der Waals surface area contributed by atoms with Gasteiger partial charge in [0.05, 0.1) is 6.04 Å². The van der Waals surface area contributed by atoms with Crippen molar-refractivity contribution >= 4 is 6.21 Å². The van der Waals surface area contributed by atoms with Gasteiger partial charge in [0.25, 0.3) is 0 Å². The lowest BCUT2D eigenvalue weighted by Gasteiger charge is -2.37. The molecule has 0 spiro atoms. The number of aliphatic imine (C=N–C) groups is 1. The minimum atomic E-state index is -0.878. The van der Waals surface area contributed by atoms with E-state index in [1.54, 1.807) is 0 Å². The summed E-state index contributed by atoms with van der Waals surface area (Å²) < 4.78 is 0. The zero-order valence-corrected chi connectivity index (χ0v) is 12.4. The highest BCUT2D eigenvalue weighted by Gasteiger charge is 2.47. The van der Waals surface area contributed by atoms with E-state index in [0.29, 0.717) is 0 Å². The fourth-order valence-electron chi connectivity index (χ4n) is 3.32. The monoisotopic (exact) mass is 285 g/mol. The van der Waals surface area contributed by atoms with E-state index in [1.807, 2.05) is 42.6 Å². The third-order valence-corrected chi connectivity index (χ3v) is 4.54. The molecule has 3 atom stereocenters. The van der Waals surface area contributed by atoms with E-state index in [-0.39, 0.29) is 12.0 Å². The predicted octanol–water partition coefficient (Wildman–Crippen LogP) is 2.13. The van der Waals surface area contributed by atoms with Crippen LogP contribution in [0.15, 0.2) is 47.1 Å². The molecule has 4 heteroatoms. The van der Waals surface area contributed by atoms with Crippen LogP contribution in [0.2, 0.25) is 0 Å². The third kappa shape index (κ3) is 2.61. The molecule has 0 amide bonds. The average molecular weight is 285 g/mol. The van der Waals surface area contributed by atoms with Gasteiger partial charge in [-0.25, -0.2) is 5.43 Å². The molecule has 1 aromatic rings. The fourth-order valence-corrected chi connectivity index (χ4v) is 3.32. The van der Waals surface area contributed by atoms with Crippen LogP contribution in [0.3, 0.4) is 0 Å². The van der Waals surface area contributed by atoms with Crippen molar-refractivity contribution in [3.8, 4) is 0 Å². The Morgan fingerprint density at radius 3 is 2.90 bits per heavy atom. The summed E-state index contributed by atoms with van der Waals surface area (Å²) in [6.45, 7) is 2.87. The van der Waals surface area contributed by atoms with Crippen molar-refractivity contribution in [3.63, 3.8) is 0 Å². The summed E-state index contributed by atoms with van der Waals surface area (Å²) in [5, 5.41) is 11.5. The highest BCUT2D eigenvalue weighted by Crippen LogP contribution is 2.38. The molecule has 1 fully saturated rings. The Morgan fingerprint density at radius 1 is 1.33 bits per heavy atom. The highest BCUT2D eigenvalue weighted by atomic mass is 16.3. The van der Waals surface area contributed by atoms with E-state index in [1.165, 1.54) is 0 Å². The van der Waals surface area contributed by atoms with Crippen LogP contribution in [0, 0.1) is 5.92 Å². The van der Waals surface area contributed by atoms with E-state index in [0.717, 1.165) is 37.1 Å². The number of allylic oxidation sites excluding steroid dienone is 1. The number of benzene rings is 1. The lowest BCUT2D eigenvalue weighted by Crippen LogP contribution is -2.50. The summed E-state index contributed by atoms with van der Waals surface area (Å²) in [7, 11) is 0. The fraction of sp³-hybridized carbons (Fsp3) is 0.471. The number of hydrogen-bond donors (Lipinski definition) is 3. The summed E-state index contributed by atoms with van der Waals surface area (Å²) in [5.74, 6) is 0.206. The Bertz CT molecular complexity index is 540. The van der Waals surface area contributed by atoms with Gasteiger partial charge in [0, 0.05) is 24.4 Å².